The van der Waals surface area contributed by atoms with Crippen LogP contribution in [-0.2, 0) is 25.0 Å². The smallest absolute Gasteiger partial charge is 0.335 e. The van der Waals surface area contributed by atoms with Crippen molar-refractivity contribution in [2.75, 3.05) is 0 Å². The summed E-state index contributed by atoms with van der Waals surface area (Å²) in [5.74, 6) is -0.132. The zero-order valence-electron chi connectivity index (χ0n) is 15.8. The number of amides is 1. The van der Waals surface area contributed by atoms with E-state index in [0.717, 1.165) is 12.0 Å². The molecule has 0 aromatic heterocycles. The Morgan fingerprint density at radius 3 is 2.16 bits per heavy atom. The number of nitrogens with zero attached hydrogens (tertiary/aromatic N) is 1. The average Bonchev–Trinajstić information content (AvgIpc) is 2.50. The van der Waals surface area contributed by atoms with E-state index in [9.17, 15) is 9.36 Å². The van der Waals surface area contributed by atoms with E-state index in [-0.39, 0.29) is 24.2 Å². The lowest BCUT2D eigenvalue weighted by Crippen LogP contribution is -2.49. The number of rotatable bonds is 7. The molecule has 6 heteroatoms. The molecular formula is C19H30NO4P. The summed E-state index contributed by atoms with van der Waals surface area (Å²) in [6.07, 6.45) is 0.789. The molecule has 2 unspecified atom stereocenters. The maximum atomic E-state index is 13.4. The van der Waals surface area contributed by atoms with Crippen molar-refractivity contribution in [2.45, 2.75) is 77.9 Å². The zero-order valence-corrected chi connectivity index (χ0v) is 16.7. The molecule has 1 heterocycles. The first kappa shape index (κ1) is 20.2. The summed E-state index contributed by atoms with van der Waals surface area (Å²) in [5.41, 5.74) is 0.338. The van der Waals surface area contributed by atoms with Crippen molar-refractivity contribution in [2.24, 2.45) is 0 Å². The lowest BCUT2D eigenvalue weighted by atomic mass is 10.0. The van der Waals surface area contributed by atoms with Gasteiger partial charge in [-0.15, -0.1) is 0 Å². The number of likely N-dealkylation sites (tertiary alicyclic amines) is 1. The van der Waals surface area contributed by atoms with Crippen molar-refractivity contribution in [1.82, 2.24) is 4.90 Å². The Bertz CT molecular complexity index is 603. The van der Waals surface area contributed by atoms with Crippen molar-refractivity contribution in [3.63, 3.8) is 0 Å². The molecule has 1 aliphatic rings. The predicted molar refractivity (Wildman–Crippen MR) is 99.5 cm³/mol. The molecule has 0 radical (unpaired) electrons. The van der Waals surface area contributed by atoms with Gasteiger partial charge in [-0.25, -0.2) is 0 Å². The summed E-state index contributed by atoms with van der Waals surface area (Å²) in [6, 6.07) is 9.97. The van der Waals surface area contributed by atoms with Crippen LogP contribution in [0.2, 0.25) is 0 Å². The van der Waals surface area contributed by atoms with Crippen LogP contribution in [0.1, 0.15) is 53.0 Å². The molecule has 0 aliphatic carbocycles. The SMILES string of the molecule is CC(C)OP(=O)(OC(C)C)C1CCC(C)N(Cc2ccccc2)C1=O. The van der Waals surface area contributed by atoms with Gasteiger partial charge >= 0.3 is 7.60 Å². The molecule has 1 aliphatic heterocycles. The van der Waals surface area contributed by atoms with E-state index in [1.54, 1.807) is 0 Å². The molecule has 5 nitrogen and oxygen atoms in total. The van der Waals surface area contributed by atoms with Crippen LogP contribution >= 0.6 is 7.60 Å². The van der Waals surface area contributed by atoms with Gasteiger partial charge in [-0.3, -0.25) is 9.36 Å². The van der Waals surface area contributed by atoms with E-state index in [0.29, 0.717) is 13.0 Å². The van der Waals surface area contributed by atoms with E-state index in [1.165, 1.54) is 0 Å². The average molecular weight is 367 g/mol. The molecule has 0 saturated carbocycles. The van der Waals surface area contributed by atoms with Crippen molar-refractivity contribution in [3.05, 3.63) is 35.9 Å². The summed E-state index contributed by atoms with van der Waals surface area (Å²) in [6.45, 7) is 9.80. The summed E-state index contributed by atoms with van der Waals surface area (Å²) in [7, 11) is -3.52. The first-order valence-electron chi connectivity index (χ1n) is 9.04. The third-order valence-corrected chi connectivity index (χ3v) is 6.92. The van der Waals surface area contributed by atoms with Crippen LogP contribution in [0.5, 0.6) is 0 Å². The molecule has 0 bridgehead atoms. The molecular weight excluding hydrogens is 337 g/mol. The maximum absolute atomic E-state index is 13.4. The third kappa shape index (κ3) is 5.16. The number of piperidine rings is 1. The van der Waals surface area contributed by atoms with E-state index in [4.69, 9.17) is 9.05 Å². The van der Waals surface area contributed by atoms with Crippen LogP contribution in [-0.4, -0.2) is 34.7 Å². The molecule has 1 aromatic carbocycles. The normalized spacial score (nSPS) is 22.0. The van der Waals surface area contributed by atoms with E-state index >= 15 is 0 Å². The zero-order chi connectivity index (χ0) is 18.6. The number of hydrogen-bond donors (Lipinski definition) is 0. The minimum atomic E-state index is -3.52. The Morgan fingerprint density at radius 1 is 1.08 bits per heavy atom. The van der Waals surface area contributed by atoms with Crippen LogP contribution in [0.4, 0.5) is 0 Å². The summed E-state index contributed by atoms with van der Waals surface area (Å²) in [5, 5.41) is 0. The van der Waals surface area contributed by atoms with Gasteiger partial charge in [0.1, 0.15) is 5.66 Å². The molecule has 1 aromatic rings. The van der Waals surface area contributed by atoms with Crippen LogP contribution in [0.3, 0.4) is 0 Å². The van der Waals surface area contributed by atoms with Crippen molar-refractivity contribution >= 4 is 13.5 Å². The number of hydrogen-bond acceptors (Lipinski definition) is 4. The molecule has 0 spiro atoms. The Balaban J connectivity index is 2.25. The van der Waals surface area contributed by atoms with Gasteiger partial charge in [0, 0.05) is 12.6 Å². The highest BCUT2D eigenvalue weighted by molar-refractivity contribution is 7.55. The second kappa shape index (κ2) is 8.48. The first-order valence-corrected chi connectivity index (χ1v) is 10.6. The van der Waals surface area contributed by atoms with Crippen LogP contribution in [0, 0.1) is 0 Å². The van der Waals surface area contributed by atoms with Crippen molar-refractivity contribution in [3.8, 4) is 0 Å². The van der Waals surface area contributed by atoms with Crippen LogP contribution < -0.4 is 0 Å². The lowest BCUT2D eigenvalue weighted by molar-refractivity contribution is -0.136. The molecule has 1 saturated heterocycles. The molecule has 140 valence electrons. The molecule has 1 fully saturated rings. The van der Waals surface area contributed by atoms with Gasteiger partial charge in [0.25, 0.3) is 0 Å². The topological polar surface area (TPSA) is 55.8 Å². The third-order valence-electron chi connectivity index (χ3n) is 4.25. The van der Waals surface area contributed by atoms with Gasteiger partial charge in [0.15, 0.2) is 0 Å². The fourth-order valence-electron chi connectivity index (χ4n) is 3.15. The Hall–Kier alpha value is -1.16. The van der Waals surface area contributed by atoms with Gasteiger partial charge < -0.3 is 13.9 Å². The molecule has 25 heavy (non-hydrogen) atoms. The first-order chi connectivity index (χ1) is 11.7. The second-order valence-corrected chi connectivity index (χ2v) is 9.37. The van der Waals surface area contributed by atoms with Gasteiger partial charge in [0.05, 0.1) is 12.2 Å². The monoisotopic (exact) mass is 367 g/mol. The fraction of sp³-hybridized carbons (Fsp3) is 0.632. The Kier molecular flexibility index (Phi) is 6.84. The molecule has 0 N–H and O–H groups in total. The quantitative estimate of drug-likeness (QED) is 0.661. The van der Waals surface area contributed by atoms with E-state index < -0.39 is 13.3 Å². The van der Waals surface area contributed by atoms with Gasteiger partial charge in [-0.05, 0) is 53.0 Å². The summed E-state index contributed by atoms with van der Waals surface area (Å²) < 4.78 is 24.8. The second-order valence-electron chi connectivity index (χ2n) is 7.24. The van der Waals surface area contributed by atoms with Crippen molar-refractivity contribution < 1.29 is 18.4 Å². The minimum absolute atomic E-state index is 0.107. The molecule has 2 atom stereocenters. The lowest BCUT2D eigenvalue weighted by Gasteiger charge is -2.40. The molecule has 2 rings (SSSR count). The van der Waals surface area contributed by atoms with Gasteiger partial charge in [-0.2, -0.15) is 0 Å². The van der Waals surface area contributed by atoms with E-state index in [1.807, 2.05) is 69.9 Å². The summed E-state index contributed by atoms with van der Waals surface area (Å²) in [4.78, 5) is 15.0. The fourth-order valence-corrected chi connectivity index (χ4v) is 5.56. The van der Waals surface area contributed by atoms with Gasteiger partial charge in [-0.1, -0.05) is 30.3 Å². The largest absolute Gasteiger partial charge is 0.343 e. The highest BCUT2D eigenvalue weighted by Gasteiger charge is 2.47. The maximum Gasteiger partial charge on any atom is 0.343 e. The van der Waals surface area contributed by atoms with Crippen LogP contribution in [0.25, 0.3) is 0 Å². The van der Waals surface area contributed by atoms with E-state index in [2.05, 4.69) is 0 Å². The standard InChI is InChI=1S/C19H30NO4P/c1-14(2)23-25(22,24-15(3)4)18-12-11-16(5)20(19(18)21)13-17-9-7-6-8-10-17/h6-10,14-16,18H,11-13H2,1-5H3. The Labute approximate surface area is 151 Å². The Morgan fingerprint density at radius 2 is 1.64 bits per heavy atom. The number of benzene rings is 1. The highest BCUT2D eigenvalue weighted by atomic mass is 31.2. The highest BCUT2D eigenvalue weighted by Crippen LogP contribution is 2.58. The van der Waals surface area contributed by atoms with Gasteiger partial charge in [0.2, 0.25) is 5.91 Å². The summed E-state index contributed by atoms with van der Waals surface area (Å²) >= 11 is 0. The molecule has 1 amide bonds. The minimum Gasteiger partial charge on any atom is -0.335 e. The van der Waals surface area contributed by atoms with Crippen LogP contribution in [0.15, 0.2) is 30.3 Å². The number of carbonyl (C=O) groups is 1. The van der Waals surface area contributed by atoms with Crippen molar-refractivity contribution in [1.29, 1.82) is 0 Å². The number of carbonyl (C=O) groups excluding carboxylic acids is 1. The predicted octanol–water partition coefficient (Wildman–Crippen LogP) is 4.61.